The minimum Gasteiger partial charge on any atom is -0.493 e. The van der Waals surface area contributed by atoms with Crippen LogP contribution >= 0.6 is 0 Å². The summed E-state index contributed by atoms with van der Waals surface area (Å²) in [5.74, 6) is 0.680. The van der Waals surface area contributed by atoms with Crippen LogP contribution in [0.3, 0.4) is 0 Å². The molecule has 1 atom stereocenters. The van der Waals surface area contributed by atoms with Crippen LogP contribution in [0.4, 0.5) is 5.69 Å². The first-order chi connectivity index (χ1) is 7.70. The number of methoxy groups -OCH3 is 1. The molecule has 1 aliphatic heterocycles. The van der Waals surface area contributed by atoms with E-state index < -0.39 is 6.10 Å². The summed E-state index contributed by atoms with van der Waals surface area (Å²) in [4.78, 5) is 11.2. The summed E-state index contributed by atoms with van der Waals surface area (Å²) in [6.07, 6.45) is 0.0179. The Morgan fingerprint density at radius 1 is 1.44 bits per heavy atom. The van der Waals surface area contributed by atoms with Crippen LogP contribution in [0.1, 0.15) is 6.42 Å². The predicted molar refractivity (Wildman–Crippen MR) is 57.4 cm³/mol. The average Bonchev–Trinajstić information content (AvgIpc) is 2.67. The fourth-order valence-corrected chi connectivity index (χ4v) is 1.52. The van der Waals surface area contributed by atoms with Gasteiger partial charge in [-0.3, -0.25) is 0 Å². The van der Waals surface area contributed by atoms with Crippen molar-refractivity contribution in [2.45, 2.75) is 12.5 Å². The average molecular weight is 223 g/mol. The van der Waals surface area contributed by atoms with Gasteiger partial charge in [-0.05, 0) is 12.1 Å². The molecule has 0 saturated carbocycles. The van der Waals surface area contributed by atoms with E-state index >= 15 is 0 Å². The van der Waals surface area contributed by atoms with E-state index in [0.717, 1.165) is 0 Å². The highest BCUT2D eigenvalue weighted by Gasteiger charge is 2.29. The second kappa shape index (κ2) is 4.30. The van der Waals surface area contributed by atoms with Crippen molar-refractivity contribution in [2.75, 3.05) is 19.5 Å². The van der Waals surface area contributed by atoms with E-state index in [-0.39, 0.29) is 5.97 Å². The molecule has 1 unspecified atom stereocenters. The Bertz CT molecular complexity index is 405. The number of rotatable bonds is 3. The van der Waals surface area contributed by atoms with Gasteiger partial charge >= 0.3 is 5.97 Å². The van der Waals surface area contributed by atoms with Crippen molar-refractivity contribution in [1.29, 1.82) is 0 Å². The number of ether oxygens (including phenoxy) is 3. The standard InChI is InChI=1S/C11H13NO4/c1-14-10-6-7(12)2-3-8(10)16-9-4-5-15-11(9)13/h2-3,6,9H,4-5,12H2,1H3. The summed E-state index contributed by atoms with van der Waals surface area (Å²) >= 11 is 0. The van der Waals surface area contributed by atoms with E-state index in [9.17, 15) is 4.79 Å². The highest BCUT2D eigenvalue weighted by atomic mass is 16.6. The summed E-state index contributed by atoms with van der Waals surface area (Å²) in [5, 5.41) is 0. The lowest BCUT2D eigenvalue weighted by Crippen LogP contribution is -2.21. The van der Waals surface area contributed by atoms with Gasteiger partial charge in [0.05, 0.1) is 13.7 Å². The molecule has 16 heavy (non-hydrogen) atoms. The Hall–Kier alpha value is -1.91. The van der Waals surface area contributed by atoms with Gasteiger partial charge in [-0.2, -0.15) is 0 Å². The number of carbonyl (C=O) groups excluding carboxylic acids is 1. The molecule has 86 valence electrons. The van der Waals surface area contributed by atoms with Crippen LogP contribution in [0, 0.1) is 0 Å². The van der Waals surface area contributed by atoms with Gasteiger partial charge in [0, 0.05) is 18.2 Å². The first-order valence-electron chi connectivity index (χ1n) is 4.97. The minimum atomic E-state index is -0.544. The SMILES string of the molecule is COc1cc(N)ccc1OC1CCOC1=O. The molecule has 1 heterocycles. The molecule has 1 saturated heterocycles. The van der Waals surface area contributed by atoms with Crippen molar-refractivity contribution >= 4 is 11.7 Å². The first kappa shape index (κ1) is 10.6. The number of carbonyl (C=O) groups is 1. The topological polar surface area (TPSA) is 70.8 Å². The molecule has 1 aromatic rings. The van der Waals surface area contributed by atoms with Gasteiger partial charge in [0.25, 0.3) is 0 Å². The van der Waals surface area contributed by atoms with E-state index in [1.54, 1.807) is 18.2 Å². The van der Waals surface area contributed by atoms with Crippen molar-refractivity contribution in [3.05, 3.63) is 18.2 Å². The van der Waals surface area contributed by atoms with Crippen LogP contribution in [0.5, 0.6) is 11.5 Å². The van der Waals surface area contributed by atoms with Crippen molar-refractivity contribution < 1.29 is 19.0 Å². The minimum absolute atomic E-state index is 0.334. The molecule has 0 bridgehead atoms. The number of hydrogen-bond donors (Lipinski definition) is 1. The van der Waals surface area contributed by atoms with Crippen LogP contribution in [-0.2, 0) is 9.53 Å². The third kappa shape index (κ3) is 2.03. The van der Waals surface area contributed by atoms with Gasteiger partial charge in [-0.1, -0.05) is 0 Å². The molecular formula is C11H13NO4. The van der Waals surface area contributed by atoms with Gasteiger partial charge in [0.2, 0.25) is 0 Å². The smallest absolute Gasteiger partial charge is 0.347 e. The van der Waals surface area contributed by atoms with Gasteiger partial charge in [0.1, 0.15) is 0 Å². The van der Waals surface area contributed by atoms with E-state index in [1.807, 2.05) is 0 Å². The second-order valence-electron chi connectivity index (χ2n) is 3.47. The van der Waals surface area contributed by atoms with E-state index in [2.05, 4.69) is 0 Å². The summed E-state index contributed by atoms with van der Waals surface area (Å²) in [6.45, 7) is 0.404. The zero-order valence-electron chi connectivity index (χ0n) is 8.93. The molecule has 1 fully saturated rings. The maximum atomic E-state index is 11.2. The molecule has 0 radical (unpaired) electrons. The molecule has 0 aliphatic carbocycles. The summed E-state index contributed by atoms with van der Waals surface area (Å²) in [7, 11) is 1.52. The second-order valence-corrected chi connectivity index (χ2v) is 3.47. The quantitative estimate of drug-likeness (QED) is 0.610. The van der Waals surface area contributed by atoms with Crippen molar-refractivity contribution in [3.63, 3.8) is 0 Å². The first-order valence-corrected chi connectivity index (χ1v) is 4.97. The Kier molecular flexibility index (Phi) is 2.85. The van der Waals surface area contributed by atoms with Crippen LogP contribution in [0.15, 0.2) is 18.2 Å². The van der Waals surface area contributed by atoms with E-state index in [4.69, 9.17) is 19.9 Å². The number of hydrogen-bond acceptors (Lipinski definition) is 5. The Balaban J connectivity index is 2.17. The highest BCUT2D eigenvalue weighted by Crippen LogP contribution is 2.31. The van der Waals surface area contributed by atoms with E-state index in [0.29, 0.717) is 30.2 Å². The van der Waals surface area contributed by atoms with Crippen molar-refractivity contribution in [3.8, 4) is 11.5 Å². The number of esters is 1. The fourth-order valence-electron chi connectivity index (χ4n) is 1.52. The fraction of sp³-hybridized carbons (Fsp3) is 0.364. The molecule has 2 N–H and O–H groups in total. The predicted octanol–water partition coefficient (Wildman–Crippen LogP) is 0.972. The maximum absolute atomic E-state index is 11.2. The van der Waals surface area contributed by atoms with Crippen molar-refractivity contribution in [1.82, 2.24) is 0 Å². The molecular weight excluding hydrogens is 210 g/mol. The number of cyclic esters (lactones) is 1. The molecule has 0 amide bonds. The van der Waals surface area contributed by atoms with Gasteiger partial charge in [-0.25, -0.2) is 4.79 Å². The summed E-state index contributed by atoms with van der Waals surface area (Å²) in [6, 6.07) is 5.02. The number of nitrogen functional groups attached to an aromatic ring is 1. The Morgan fingerprint density at radius 2 is 2.25 bits per heavy atom. The zero-order valence-corrected chi connectivity index (χ0v) is 8.93. The van der Waals surface area contributed by atoms with Crippen LogP contribution < -0.4 is 15.2 Å². The Morgan fingerprint density at radius 3 is 2.88 bits per heavy atom. The lowest BCUT2D eigenvalue weighted by atomic mass is 10.2. The molecule has 1 aromatic carbocycles. The number of anilines is 1. The van der Waals surface area contributed by atoms with Crippen molar-refractivity contribution in [2.24, 2.45) is 0 Å². The molecule has 5 nitrogen and oxygen atoms in total. The highest BCUT2D eigenvalue weighted by molar-refractivity contribution is 5.77. The van der Waals surface area contributed by atoms with E-state index in [1.165, 1.54) is 7.11 Å². The Labute approximate surface area is 93.1 Å². The normalized spacial score (nSPS) is 19.3. The molecule has 0 aromatic heterocycles. The van der Waals surface area contributed by atoms with Gasteiger partial charge < -0.3 is 19.9 Å². The van der Waals surface area contributed by atoms with Gasteiger partial charge in [0.15, 0.2) is 17.6 Å². The lowest BCUT2D eigenvalue weighted by Gasteiger charge is -2.13. The lowest BCUT2D eigenvalue weighted by molar-refractivity contribution is -0.143. The zero-order chi connectivity index (χ0) is 11.5. The molecule has 1 aliphatic rings. The van der Waals surface area contributed by atoms with Crippen LogP contribution in [-0.4, -0.2) is 25.8 Å². The van der Waals surface area contributed by atoms with Gasteiger partial charge in [-0.15, -0.1) is 0 Å². The largest absolute Gasteiger partial charge is 0.493 e. The molecule has 5 heteroatoms. The number of benzene rings is 1. The summed E-state index contributed by atoms with van der Waals surface area (Å²) < 4.78 is 15.4. The number of nitrogens with two attached hydrogens (primary N) is 1. The third-order valence-electron chi connectivity index (χ3n) is 2.34. The maximum Gasteiger partial charge on any atom is 0.347 e. The summed E-state index contributed by atoms with van der Waals surface area (Å²) in [5.41, 5.74) is 6.19. The monoisotopic (exact) mass is 223 g/mol. The van der Waals surface area contributed by atoms with Crippen LogP contribution in [0.2, 0.25) is 0 Å². The molecule has 2 rings (SSSR count). The van der Waals surface area contributed by atoms with Crippen LogP contribution in [0.25, 0.3) is 0 Å². The molecule has 0 spiro atoms. The third-order valence-corrected chi connectivity index (χ3v) is 2.34.